The van der Waals surface area contributed by atoms with E-state index >= 15 is 0 Å². The van der Waals surface area contributed by atoms with Gasteiger partial charge in [-0.2, -0.15) is 18.3 Å². The molecular formula is C22H26F4N4O. The number of rotatable bonds is 2. The number of benzene rings is 1. The molecule has 0 unspecified atom stereocenters. The second-order valence-corrected chi connectivity index (χ2v) is 9.47. The molecule has 1 fully saturated rings. The fourth-order valence-electron chi connectivity index (χ4n) is 4.35. The molecule has 1 amide bonds. The van der Waals surface area contributed by atoms with Crippen LogP contribution in [-0.2, 0) is 0 Å². The molecule has 0 bridgehead atoms. The van der Waals surface area contributed by atoms with E-state index in [1.54, 1.807) is 12.1 Å². The summed E-state index contributed by atoms with van der Waals surface area (Å²) >= 11 is 0. The van der Waals surface area contributed by atoms with Gasteiger partial charge in [-0.25, -0.2) is 9.07 Å². The van der Waals surface area contributed by atoms with Gasteiger partial charge in [-0.3, -0.25) is 4.79 Å². The summed E-state index contributed by atoms with van der Waals surface area (Å²) in [6, 6.07) is 5.41. The van der Waals surface area contributed by atoms with Crippen molar-refractivity contribution in [3.63, 3.8) is 0 Å². The Morgan fingerprint density at radius 3 is 2.55 bits per heavy atom. The Morgan fingerprint density at radius 2 is 1.90 bits per heavy atom. The number of fused-ring (bicyclic) bond motifs is 1. The number of carbonyl (C=O) groups excluding carboxylic acids is 1. The molecule has 2 aliphatic rings. The predicted octanol–water partition coefficient (Wildman–Crippen LogP) is 4.99. The molecule has 1 saturated heterocycles. The quantitative estimate of drug-likeness (QED) is 0.673. The highest BCUT2D eigenvalue weighted by molar-refractivity contribution is 5.94. The van der Waals surface area contributed by atoms with E-state index in [-0.39, 0.29) is 29.4 Å². The van der Waals surface area contributed by atoms with Crippen LogP contribution in [0.1, 0.15) is 61.6 Å². The van der Waals surface area contributed by atoms with Gasteiger partial charge >= 0.3 is 6.18 Å². The van der Waals surface area contributed by atoms with Crippen LogP contribution in [-0.4, -0.2) is 45.9 Å². The summed E-state index contributed by atoms with van der Waals surface area (Å²) < 4.78 is 56.4. The molecule has 1 aromatic carbocycles. The van der Waals surface area contributed by atoms with E-state index in [1.165, 1.54) is 23.1 Å². The van der Waals surface area contributed by atoms with Crippen LogP contribution in [0.2, 0.25) is 0 Å². The maximum absolute atomic E-state index is 14.0. The van der Waals surface area contributed by atoms with Crippen molar-refractivity contribution >= 4 is 11.7 Å². The first-order valence-electron chi connectivity index (χ1n) is 10.4. The SMILES string of the molecule is CC(C)(C)[C@@H]1C[C@H](C(F)(F)F)n2nc([C@@H]3CCN(C(=O)c4ccccc4F)C3)cc2N1. The van der Waals surface area contributed by atoms with Crippen molar-refractivity contribution in [1.29, 1.82) is 0 Å². The second-order valence-electron chi connectivity index (χ2n) is 9.47. The highest BCUT2D eigenvalue weighted by Gasteiger charge is 2.48. The smallest absolute Gasteiger partial charge is 0.367 e. The zero-order chi connectivity index (χ0) is 22.6. The molecule has 1 N–H and O–H groups in total. The lowest BCUT2D eigenvalue weighted by Crippen LogP contribution is -2.44. The van der Waals surface area contributed by atoms with E-state index in [0.717, 1.165) is 4.68 Å². The third-order valence-electron chi connectivity index (χ3n) is 6.25. The molecule has 168 valence electrons. The third-order valence-corrected chi connectivity index (χ3v) is 6.25. The Bertz CT molecular complexity index is 979. The Morgan fingerprint density at radius 1 is 1.19 bits per heavy atom. The molecule has 31 heavy (non-hydrogen) atoms. The molecule has 4 rings (SSSR count). The average molecular weight is 438 g/mol. The van der Waals surface area contributed by atoms with Crippen molar-refractivity contribution in [1.82, 2.24) is 14.7 Å². The molecule has 5 nitrogen and oxygen atoms in total. The Hall–Kier alpha value is -2.58. The zero-order valence-corrected chi connectivity index (χ0v) is 17.7. The van der Waals surface area contributed by atoms with Crippen molar-refractivity contribution in [3.05, 3.63) is 47.4 Å². The zero-order valence-electron chi connectivity index (χ0n) is 17.7. The van der Waals surface area contributed by atoms with Crippen LogP contribution in [0.15, 0.2) is 30.3 Å². The van der Waals surface area contributed by atoms with E-state index in [9.17, 15) is 22.4 Å². The first kappa shape index (κ1) is 21.6. The van der Waals surface area contributed by atoms with Crippen molar-refractivity contribution in [2.45, 2.75) is 57.8 Å². The number of hydrogen-bond donors (Lipinski definition) is 1. The highest BCUT2D eigenvalue weighted by Crippen LogP contribution is 2.44. The van der Waals surface area contributed by atoms with Gasteiger partial charge in [0.2, 0.25) is 0 Å². The lowest BCUT2D eigenvalue weighted by Gasteiger charge is -2.39. The number of carbonyl (C=O) groups is 1. The molecule has 3 atom stereocenters. The van der Waals surface area contributed by atoms with Gasteiger partial charge in [-0.15, -0.1) is 0 Å². The minimum absolute atomic E-state index is 0.000828. The normalized spacial score (nSPS) is 24.1. The largest absolute Gasteiger partial charge is 0.410 e. The molecule has 0 radical (unpaired) electrons. The van der Waals surface area contributed by atoms with Crippen LogP contribution in [0, 0.1) is 11.2 Å². The van der Waals surface area contributed by atoms with Crippen molar-refractivity contribution in [3.8, 4) is 0 Å². The summed E-state index contributed by atoms with van der Waals surface area (Å²) in [4.78, 5) is 14.2. The summed E-state index contributed by atoms with van der Waals surface area (Å²) in [7, 11) is 0. The van der Waals surface area contributed by atoms with Gasteiger partial charge in [0.25, 0.3) is 5.91 Å². The molecule has 1 aromatic heterocycles. The van der Waals surface area contributed by atoms with E-state index in [0.29, 0.717) is 31.0 Å². The number of hydrogen-bond acceptors (Lipinski definition) is 3. The first-order chi connectivity index (χ1) is 14.4. The van der Waals surface area contributed by atoms with Crippen LogP contribution >= 0.6 is 0 Å². The monoisotopic (exact) mass is 438 g/mol. The average Bonchev–Trinajstić information content (AvgIpc) is 3.32. The Kier molecular flexibility index (Phi) is 5.26. The fraction of sp³-hybridized carbons (Fsp3) is 0.545. The number of anilines is 1. The van der Waals surface area contributed by atoms with Gasteiger partial charge in [-0.05, 0) is 30.4 Å². The Labute approximate surface area is 178 Å². The summed E-state index contributed by atoms with van der Waals surface area (Å²) in [5.41, 5.74) is 0.171. The van der Waals surface area contributed by atoms with Crippen LogP contribution in [0.5, 0.6) is 0 Å². The van der Waals surface area contributed by atoms with Crippen LogP contribution < -0.4 is 5.32 Å². The molecule has 9 heteroatoms. The topological polar surface area (TPSA) is 50.2 Å². The van der Waals surface area contributed by atoms with Crippen LogP contribution in [0.25, 0.3) is 0 Å². The van der Waals surface area contributed by atoms with Gasteiger partial charge < -0.3 is 10.2 Å². The standard InChI is InChI=1S/C22H26F4N4O/c1-21(2,3)17-11-18(22(24,25)26)30-19(27-17)10-16(28-30)13-8-9-29(12-13)20(31)14-6-4-5-7-15(14)23/h4-7,10,13,17-18,27H,8-9,11-12H2,1-3H3/t13-,17+,18-/m1/s1. The fourth-order valence-corrected chi connectivity index (χ4v) is 4.35. The number of aromatic nitrogens is 2. The van der Waals surface area contributed by atoms with Crippen LogP contribution in [0.4, 0.5) is 23.4 Å². The second kappa shape index (κ2) is 7.53. The first-order valence-corrected chi connectivity index (χ1v) is 10.4. The van der Waals surface area contributed by atoms with E-state index in [1.807, 2.05) is 20.8 Å². The number of nitrogens with one attached hydrogen (secondary N) is 1. The van der Waals surface area contributed by atoms with Gasteiger partial charge in [0, 0.05) is 31.1 Å². The molecule has 2 aliphatic heterocycles. The lowest BCUT2D eigenvalue weighted by atomic mass is 9.82. The van der Waals surface area contributed by atoms with Crippen molar-refractivity contribution in [2.24, 2.45) is 5.41 Å². The molecular weight excluding hydrogens is 412 g/mol. The van der Waals surface area contributed by atoms with Crippen molar-refractivity contribution in [2.75, 3.05) is 18.4 Å². The minimum atomic E-state index is -4.41. The Balaban J connectivity index is 1.57. The summed E-state index contributed by atoms with van der Waals surface area (Å²) in [5.74, 6) is -0.845. The van der Waals surface area contributed by atoms with Crippen molar-refractivity contribution < 1.29 is 22.4 Å². The summed E-state index contributed by atoms with van der Waals surface area (Å²) in [5, 5.41) is 7.52. The van der Waals surface area contributed by atoms with Crippen LogP contribution in [0.3, 0.4) is 0 Å². The highest BCUT2D eigenvalue weighted by atomic mass is 19.4. The maximum atomic E-state index is 14.0. The predicted molar refractivity (Wildman–Crippen MR) is 108 cm³/mol. The minimum Gasteiger partial charge on any atom is -0.367 e. The van der Waals surface area contributed by atoms with E-state index < -0.39 is 23.9 Å². The molecule has 2 aromatic rings. The van der Waals surface area contributed by atoms with Gasteiger partial charge in [-0.1, -0.05) is 32.9 Å². The number of nitrogens with zero attached hydrogens (tertiary/aromatic N) is 3. The van der Waals surface area contributed by atoms with Gasteiger partial charge in [0.05, 0.1) is 11.3 Å². The molecule has 0 spiro atoms. The maximum Gasteiger partial charge on any atom is 0.410 e. The summed E-state index contributed by atoms with van der Waals surface area (Å²) in [6.07, 6.45) is -3.94. The molecule has 0 aliphatic carbocycles. The number of amides is 1. The third kappa shape index (κ3) is 4.14. The number of halogens is 4. The van der Waals surface area contributed by atoms with Gasteiger partial charge in [0.15, 0.2) is 6.04 Å². The lowest BCUT2D eigenvalue weighted by molar-refractivity contribution is -0.175. The number of likely N-dealkylation sites (tertiary alicyclic amines) is 1. The number of alkyl halides is 3. The summed E-state index contributed by atoms with van der Waals surface area (Å²) in [6.45, 7) is 6.43. The van der Waals surface area contributed by atoms with E-state index in [2.05, 4.69) is 10.4 Å². The molecule has 0 saturated carbocycles. The van der Waals surface area contributed by atoms with Gasteiger partial charge in [0.1, 0.15) is 11.6 Å². The molecule has 3 heterocycles. The van der Waals surface area contributed by atoms with E-state index in [4.69, 9.17) is 0 Å².